The van der Waals surface area contributed by atoms with E-state index in [0.717, 1.165) is 32.1 Å². The van der Waals surface area contributed by atoms with Gasteiger partial charge in [0.15, 0.2) is 35.4 Å². The Kier molecular flexibility index (Phi) is 9.03. The fourth-order valence-electron chi connectivity index (χ4n) is 5.30. The SMILES string of the molecule is CC(C)C(=O)O[C@@H]1[C@@H](COC(=O)C2CCCC2)OC(n2cnc3c(NC4CCOC4)ncnc32)[C@@H]1OC(=O)C(C)C. The van der Waals surface area contributed by atoms with Gasteiger partial charge < -0.3 is 29.0 Å². The van der Waals surface area contributed by atoms with Crippen LogP contribution in [0.15, 0.2) is 12.7 Å². The Hall–Kier alpha value is -3.32. The van der Waals surface area contributed by atoms with Crippen molar-refractivity contribution in [3.8, 4) is 0 Å². The van der Waals surface area contributed by atoms with Gasteiger partial charge in [-0.15, -0.1) is 0 Å². The Bertz CT molecular complexity index is 1240. The fraction of sp³-hybridized carbons (Fsp3) is 0.714. The van der Waals surface area contributed by atoms with Crippen LogP contribution in [-0.4, -0.2) is 81.6 Å². The largest absolute Gasteiger partial charge is 0.463 e. The molecule has 0 amide bonds. The van der Waals surface area contributed by atoms with E-state index in [1.807, 2.05) is 0 Å². The predicted molar refractivity (Wildman–Crippen MR) is 144 cm³/mol. The number of ether oxygens (including phenoxy) is 5. The number of hydrogen-bond donors (Lipinski definition) is 1. The quantitative estimate of drug-likeness (QED) is 0.328. The molecular weight excluding hydrogens is 534 g/mol. The lowest BCUT2D eigenvalue weighted by atomic mass is 10.1. The van der Waals surface area contributed by atoms with E-state index in [0.29, 0.717) is 30.2 Å². The van der Waals surface area contributed by atoms with Crippen molar-refractivity contribution in [1.82, 2.24) is 19.5 Å². The van der Waals surface area contributed by atoms with Gasteiger partial charge in [-0.3, -0.25) is 19.0 Å². The maximum absolute atomic E-state index is 12.9. The van der Waals surface area contributed by atoms with Gasteiger partial charge in [-0.1, -0.05) is 40.5 Å². The first-order chi connectivity index (χ1) is 19.7. The summed E-state index contributed by atoms with van der Waals surface area (Å²) in [6.07, 6.45) is 3.44. The third-order valence-corrected chi connectivity index (χ3v) is 7.71. The standard InChI is InChI=1S/C28H39N5O8/c1-15(2)26(34)40-21-19(12-38-28(36)17-7-5-6-8-17)39-25(22(21)41-27(35)16(3)4)33-14-31-20-23(29-13-30-24(20)33)32-18-9-10-37-11-18/h13-19,21-22,25H,5-12H2,1-4H3,(H,29,30,32)/t18?,19-,21-,22-,25?/m1/s1. The second kappa shape index (κ2) is 12.7. The summed E-state index contributed by atoms with van der Waals surface area (Å²) >= 11 is 0. The molecule has 224 valence electrons. The molecule has 1 saturated carbocycles. The maximum atomic E-state index is 12.9. The van der Waals surface area contributed by atoms with Crippen LogP contribution in [-0.2, 0) is 38.1 Å². The Morgan fingerprint density at radius 1 is 1.00 bits per heavy atom. The monoisotopic (exact) mass is 573 g/mol. The number of esters is 3. The van der Waals surface area contributed by atoms with Crippen molar-refractivity contribution in [3.05, 3.63) is 12.7 Å². The maximum Gasteiger partial charge on any atom is 0.309 e. The van der Waals surface area contributed by atoms with E-state index >= 15 is 0 Å². The molecule has 2 aromatic rings. The van der Waals surface area contributed by atoms with Gasteiger partial charge in [0.2, 0.25) is 0 Å². The molecule has 4 heterocycles. The summed E-state index contributed by atoms with van der Waals surface area (Å²) in [6, 6.07) is 0.0967. The van der Waals surface area contributed by atoms with E-state index in [2.05, 4.69) is 20.3 Å². The normalized spacial score (nSPS) is 26.6. The minimum absolute atomic E-state index is 0.0967. The first kappa shape index (κ1) is 29.2. The van der Waals surface area contributed by atoms with Crippen molar-refractivity contribution in [1.29, 1.82) is 0 Å². The lowest BCUT2D eigenvalue weighted by molar-refractivity contribution is -0.173. The molecule has 13 heteroatoms. The molecule has 0 radical (unpaired) electrons. The first-order valence-corrected chi connectivity index (χ1v) is 14.5. The molecule has 1 N–H and O–H groups in total. The lowest BCUT2D eigenvalue weighted by Gasteiger charge is -2.26. The minimum atomic E-state index is -1.05. The lowest BCUT2D eigenvalue weighted by Crippen LogP contribution is -2.42. The van der Waals surface area contributed by atoms with Gasteiger partial charge >= 0.3 is 17.9 Å². The molecule has 3 aliphatic rings. The van der Waals surface area contributed by atoms with Gasteiger partial charge in [-0.25, -0.2) is 15.0 Å². The van der Waals surface area contributed by atoms with Gasteiger partial charge in [0.1, 0.15) is 19.0 Å². The van der Waals surface area contributed by atoms with Crippen LogP contribution in [0.1, 0.15) is 66.0 Å². The van der Waals surface area contributed by atoms with Crippen LogP contribution in [0.25, 0.3) is 11.2 Å². The van der Waals surface area contributed by atoms with Crippen LogP contribution in [0, 0.1) is 17.8 Å². The van der Waals surface area contributed by atoms with E-state index < -0.39 is 48.3 Å². The van der Waals surface area contributed by atoms with Crippen LogP contribution < -0.4 is 5.32 Å². The van der Waals surface area contributed by atoms with Crippen LogP contribution in [0.5, 0.6) is 0 Å². The highest BCUT2D eigenvalue weighted by atomic mass is 16.7. The Morgan fingerprint density at radius 3 is 2.37 bits per heavy atom. The minimum Gasteiger partial charge on any atom is -0.463 e. The topological polar surface area (TPSA) is 153 Å². The molecule has 5 rings (SSSR count). The molecule has 0 bridgehead atoms. The zero-order valence-electron chi connectivity index (χ0n) is 24.0. The van der Waals surface area contributed by atoms with E-state index in [1.165, 1.54) is 12.7 Å². The van der Waals surface area contributed by atoms with Gasteiger partial charge in [0.05, 0.1) is 36.7 Å². The van der Waals surface area contributed by atoms with E-state index in [-0.39, 0.29) is 24.5 Å². The van der Waals surface area contributed by atoms with E-state index in [9.17, 15) is 14.4 Å². The molecule has 41 heavy (non-hydrogen) atoms. The summed E-state index contributed by atoms with van der Waals surface area (Å²) in [5, 5.41) is 3.36. The number of carbonyl (C=O) groups excluding carboxylic acids is 3. The molecule has 0 aromatic carbocycles. The smallest absolute Gasteiger partial charge is 0.309 e. The second-order valence-corrected chi connectivity index (χ2v) is 11.5. The van der Waals surface area contributed by atoms with Gasteiger partial charge in [-0.05, 0) is 19.3 Å². The number of rotatable bonds is 10. The molecule has 0 spiro atoms. The van der Waals surface area contributed by atoms with E-state index in [1.54, 1.807) is 32.3 Å². The van der Waals surface area contributed by atoms with Crippen molar-refractivity contribution in [3.63, 3.8) is 0 Å². The predicted octanol–water partition coefficient (Wildman–Crippen LogP) is 2.79. The van der Waals surface area contributed by atoms with Crippen molar-refractivity contribution >= 4 is 34.9 Å². The van der Waals surface area contributed by atoms with Gasteiger partial charge in [0.25, 0.3) is 0 Å². The number of fused-ring (bicyclic) bond motifs is 1. The zero-order valence-corrected chi connectivity index (χ0v) is 24.0. The number of carbonyl (C=O) groups is 3. The molecule has 5 atom stereocenters. The van der Waals surface area contributed by atoms with Crippen LogP contribution >= 0.6 is 0 Å². The summed E-state index contributed by atoms with van der Waals surface area (Å²) < 4.78 is 30.9. The third kappa shape index (κ3) is 6.45. The van der Waals surface area contributed by atoms with Crippen LogP contribution in [0.2, 0.25) is 0 Å². The number of hydrogen-bond acceptors (Lipinski definition) is 12. The van der Waals surface area contributed by atoms with Crippen molar-refractivity contribution < 1.29 is 38.1 Å². The van der Waals surface area contributed by atoms with Crippen molar-refractivity contribution in [2.24, 2.45) is 17.8 Å². The number of aromatic nitrogens is 4. The molecule has 13 nitrogen and oxygen atoms in total. The van der Waals surface area contributed by atoms with Crippen molar-refractivity contribution in [2.75, 3.05) is 25.1 Å². The fourth-order valence-corrected chi connectivity index (χ4v) is 5.30. The average Bonchev–Trinajstić information content (AvgIpc) is 3.75. The second-order valence-electron chi connectivity index (χ2n) is 11.5. The Balaban J connectivity index is 1.46. The summed E-state index contributed by atoms with van der Waals surface area (Å²) in [4.78, 5) is 51.7. The number of imidazole rings is 1. The van der Waals surface area contributed by atoms with Gasteiger partial charge in [0, 0.05) is 6.61 Å². The molecule has 1 aliphatic carbocycles. The Morgan fingerprint density at radius 2 is 1.71 bits per heavy atom. The molecule has 2 aromatic heterocycles. The van der Waals surface area contributed by atoms with Crippen molar-refractivity contribution in [2.45, 2.75) is 90.4 Å². The number of anilines is 1. The molecule has 2 aliphatic heterocycles. The van der Waals surface area contributed by atoms with Crippen LogP contribution in [0.3, 0.4) is 0 Å². The van der Waals surface area contributed by atoms with Crippen LogP contribution in [0.4, 0.5) is 5.82 Å². The summed E-state index contributed by atoms with van der Waals surface area (Å²) in [6.45, 7) is 7.93. The van der Waals surface area contributed by atoms with E-state index in [4.69, 9.17) is 23.7 Å². The first-order valence-electron chi connectivity index (χ1n) is 14.5. The number of nitrogens with zero attached hydrogens (tertiary/aromatic N) is 4. The zero-order chi connectivity index (χ0) is 29.1. The highest BCUT2D eigenvalue weighted by Gasteiger charge is 2.52. The molecule has 2 unspecified atom stereocenters. The highest BCUT2D eigenvalue weighted by Crippen LogP contribution is 2.37. The highest BCUT2D eigenvalue weighted by molar-refractivity contribution is 5.83. The summed E-state index contributed by atoms with van der Waals surface area (Å²) in [5.41, 5.74) is 0.943. The molecule has 3 fully saturated rings. The Labute approximate surface area is 238 Å². The molecule has 2 saturated heterocycles. The third-order valence-electron chi connectivity index (χ3n) is 7.71. The number of nitrogens with one attached hydrogen (secondary N) is 1. The summed E-state index contributed by atoms with van der Waals surface area (Å²) in [7, 11) is 0. The molecular formula is C28H39N5O8. The summed E-state index contributed by atoms with van der Waals surface area (Å²) in [5.74, 6) is -1.76. The average molecular weight is 574 g/mol. The van der Waals surface area contributed by atoms with Gasteiger partial charge in [-0.2, -0.15) is 0 Å².